The number of anilines is 1. The van der Waals surface area contributed by atoms with Gasteiger partial charge >= 0.3 is 0 Å². The van der Waals surface area contributed by atoms with Crippen molar-refractivity contribution in [2.24, 2.45) is 0 Å². The standard InChI is InChI=1S/C29H26ClN3O3/c1-19(27(34)32-23-10-3-2-4-11-23)31-29(36)26(18-20-14-16-22(30)17-15-20)33-28(35)25-13-7-9-21-8-5-6-12-24(21)25/h2-17,19,26H,18H2,1H3,(H,31,36)(H,32,34)(H,33,35)/t19?,26-/m0/s1. The zero-order valence-electron chi connectivity index (χ0n) is 19.7. The Morgan fingerprint density at radius 3 is 2.17 bits per heavy atom. The molecule has 0 saturated carbocycles. The first-order valence-electron chi connectivity index (χ1n) is 11.6. The normalized spacial score (nSPS) is 12.4. The van der Waals surface area contributed by atoms with Gasteiger partial charge in [-0.2, -0.15) is 0 Å². The summed E-state index contributed by atoms with van der Waals surface area (Å²) in [4.78, 5) is 39.2. The molecule has 0 saturated heterocycles. The molecule has 36 heavy (non-hydrogen) atoms. The summed E-state index contributed by atoms with van der Waals surface area (Å²) in [5.74, 6) is -1.20. The summed E-state index contributed by atoms with van der Waals surface area (Å²) in [5.41, 5.74) is 1.92. The molecule has 0 aliphatic rings. The van der Waals surface area contributed by atoms with Gasteiger partial charge in [0.05, 0.1) is 0 Å². The fourth-order valence-corrected chi connectivity index (χ4v) is 4.00. The first kappa shape index (κ1) is 24.9. The number of fused-ring (bicyclic) bond motifs is 1. The van der Waals surface area contributed by atoms with Crippen LogP contribution in [0.2, 0.25) is 5.02 Å². The molecule has 3 amide bonds. The van der Waals surface area contributed by atoms with E-state index in [0.29, 0.717) is 16.3 Å². The van der Waals surface area contributed by atoms with Crippen LogP contribution in [0.25, 0.3) is 10.8 Å². The molecule has 0 radical (unpaired) electrons. The maximum atomic E-state index is 13.3. The molecule has 4 aromatic carbocycles. The molecule has 182 valence electrons. The lowest BCUT2D eigenvalue weighted by Gasteiger charge is -2.22. The van der Waals surface area contributed by atoms with E-state index in [2.05, 4.69) is 16.0 Å². The van der Waals surface area contributed by atoms with Crippen LogP contribution in [0.15, 0.2) is 97.1 Å². The van der Waals surface area contributed by atoms with Crippen LogP contribution in [0.1, 0.15) is 22.8 Å². The molecule has 0 fully saturated rings. The van der Waals surface area contributed by atoms with Crippen molar-refractivity contribution in [2.75, 3.05) is 5.32 Å². The molecule has 0 aromatic heterocycles. The summed E-state index contributed by atoms with van der Waals surface area (Å²) in [5, 5.41) is 10.7. The third kappa shape index (κ3) is 6.29. The van der Waals surface area contributed by atoms with Gasteiger partial charge in [0.1, 0.15) is 12.1 Å². The monoisotopic (exact) mass is 499 g/mol. The van der Waals surface area contributed by atoms with E-state index in [1.807, 2.05) is 54.6 Å². The number of halogens is 1. The topological polar surface area (TPSA) is 87.3 Å². The summed E-state index contributed by atoms with van der Waals surface area (Å²) >= 11 is 6.01. The van der Waals surface area contributed by atoms with Gasteiger partial charge in [-0.1, -0.05) is 78.3 Å². The number of rotatable bonds is 8. The van der Waals surface area contributed by atoms with E-state index < -0.39 is 18.0 Å². The van der Waals surface area contributed by atoms with Crippen LogP contribution in [0.4, 0.5) is 5.69 Å². The molecule has 7 heteroatoms. The number of hydrogen-bond acceptors (Lipinski definition) is 3. The molecule has 0 heterocycles. The maximum absolute atomic E-state index is 13.3. The third-order valence-corrected chi connectivity index (χ3v) is 6.05. The molecule has 1 unspecified atom stereocenters. The van der Waals surface area contributed by atoms with E-state index in [4.69, 9.17) is 11.6 Å². The van der Waals surface area contributed by atoms with Crippen molar-refractivity contribution < 1.29 is 14.4 Å². The van der Waals surface area contributed by atoms with Crippen molar-refractivity contribution in [2.45, 2.75) is 25.4 Å². The minimum Gasteiger partial charge on any atom is -0.343 e. The van der Waals surface area contributed by atoms with E-state index >= 15 is 0 Å². The molecule has 4 rings (SSSR count). The summed E-state index contributed by atoms with van der Waals surface area (Å²) < 4.78 is 0. The summed E-state index contributed by atoms with van der Waals surface area (Å²) in [6.45, 7) is 1.60. The molecule has 4 aromatic rings. The minimum absolute atomic E-state index is 0.229. The number of hydrogen-bond donors (Lipinski definition) is 3. The molecule has 6 nitrogen and oxygen atoms in total. The van der Waals surface area contributed by atoms with E-state index in [9.17, 15) is 14.4 Å². The number of para-hydroxylation sites is 1. The second-order valence-electron chi connectivity index (χ2n) is 8.47. The maximum Gasteiger partial charge on any atom is 0.252 e. The Hall–Kier alpha value is -4.16. The molecule has 0 aliphatic carbocycles. The second kappa shape index (κ2) is 11.5. The molecule has 3 N–H and O–H groups in total. The average molecular weight is 500 g/mol. The van der Waals surface area contributed by atoms with Crippen LogP contribution in [-0.4, -0.2) is 29.8 Å². The Balaban J connectivity index is 1.52. The Morgan fingerprint density at radius 2 is 1.42 bits per heavy atom. The van der Waals surface area contributed by atoms with Crippen molar-refractivity contribution in [3.8, 4) is 0 Å². The first-order valence-corrected chi connectivity index (χ1v) is 12.0. The van der Waals surface area contributed by atoms with Gasteiger partial charge in [-0.3, -0.25) is 14.4 Å². The smallest absolute Gasteiger partial charge is 0.252 e. The predicted molar refractivity (Wildman–Crippen MR) is 143 cm³/mol. The van der Waals surface area contributed by atoms with Gasteiger partial charge in [-0.15, -0.1) is 0 Å². The Bertz CT molecular complexity index is 1370. The van der Waals surface area contributed by atoms with Crippen molar-refractivity contribution in [3.63, 3.8) is 0 Å². The van der Waals surface area contributed by atoms with Crippen molar-refractivity contribution in [1.29, 1.82) is 0 Å². The number of nitrogens with one attached hydrogen (secondary N) is 3. The Labute approximate surface area is 214 Å². The highest BCUT2D eigenvalue weighted by Crippen LogP contribution is 2.19. The first-order chi connectivity index (χ1) is 17.4. The van der Waals surface area contributed by atoms with Crippen LogP contribution in [-0.2, 0) is 16.0 Å². The largest absolute Gasteiger partial charge is 0.343 e. The molecule has 0 aliphatic heterocycles. The van der Waals surface area contributed by atoms with Gasteiger partial charge in [0.15, 0.2) is 0 Å². The van der Waals surface area contributed by atoms with Gasteiger partial charge < -0.3 is 16.0 Å². The highest BCUT2D eigenvalue weighted by molar-refractivity contribution is 6.30. The number of carbonyl (C=O) groups excluding carboxylic acids is 3. The lowest BCUT2D eigenvalue weighted by molar-refractivity contribution is -0.127. The average Bonchev–Trinajstić information content (AvgIpc) is 2.89. The van der Waals surface area contributed by atoms with Crippen LogP contribution < -0.4 is 16.0 Å². The van der Waals surface area contributed by atoms with Crippen molar-refractivity contribution in [3.05, 3.63) is 113 Å². The zero-order valence-corrected chi connectivity index (χ0v) is 20.5. The molecular formula is C29H26ClN3O3. The lowest BCUT2D eigenvalue weighted by Crippen LogP contribution is -2.52. The van der Waals surface area contributed by atoms with Crippen LogP contribution in [0, 0.1) is 0 Å². The third-order valence-electron chi connectivity index (χ3n) is 5.80. The summed E-state index contributed by atoms with van der Waals surface area (Å²) in [6.07, 6.45) is 0.229. The second-order valence-corrected chi connectivity index (χ2v) is 8.91. The summed E-state index contributed by atoms with van der Waals surface area (Å²) in [7, 11) is 0. The molecule has 0 spiro atoms. The number of benzene rings is 4. The Kier molecular flexibility index (Phi) is 7.98. The molecule has 2 atom stereocenters. The lowest BCUT2D eigenvalue weighted by atomic mass is 10.0. The van der Waals surface area contributed by atoms with E-state index in [0.717, 1.165) is 16.3 Å². The van der Waals surface area contributed by atoms with E-state index in [1.165, 1.54) is 0 Å². The van der Waals surface area contributed by atoms with Crippen LogP contribution in [0.3, 0.4) is 0 Å². The number of amides is 3. The van der Waals surface area contributed by atoms with Gasteiger partial charge in [0.25, 0.3) is 5.91 Å². The van der Waals surface area contributed by atoms with E-state index in [1.54, 1.807) is 49.4 Å². The number of carbonyl (C=O) groups is 3. The van der Waals surface area contributed by atoms with Gasteiger partial charge in [-0.05, 0) is 53.6 Å². The minimum atomic E-state index is -0.912. The summed E-state index contributed by atoms with van der Waals surface area (Å²) in [6, 6.07) is 27.4. The van der Waals surface area contributed by atoms with Crippen LogP contribution in [0.5, 0.6) is 0 Å². The highest BCUT2D eigenvalue weighted by Gasteiger charge is 2.26. The van der Waals surface area contributed by atoms with Crippen molar-refractivity contribution in [1.82, 2.24) is 10.6 Å². The Morgan fingerprint density at radius 1 is 0.750 bits per heavy atom. The zero-order chi connectivity index (χ0) is 25.5. The van der Waals surface area contributed by atoms with Crippen LogP contribution >= 0.6 is 11.6 Å². The predicted octanol–water partition coefficient (Wildman–Crippen LogP) is 4.98. The molecule has 0 bridgehead atoms. The highest BCUT2D eigenvalue weighted by atomic mass is 35.5. The fraction of sp³-hybridized carbons (Fsp3) is 0.138. The van der Waals surface area contributed by atoms with Gasteiger partial charge in [-0.25, -0.2) is 0 Å². The van der Waals surface area contributed by atoms with E-state index in [-0.39, 0.29) is 18.2 Å². The molecular weight excluding hydrogens is 474 g/mol. The van der Waals surface area contributed by atoms with Crippen molar-refractivity contribution >= 4 is 45.8 Å². The quantitative estimate of drug-likeness (QED) is 0.319. The fourth-order valence-electron chi connectivity index (χ4n) is 3.88. The SMILES string of the molecule is CC(NC(=O)[C@H](Cc1ccc(Cl)cc1)NC(=O)c1cccc2ccccc12)C(=O)Nc1ccccc1. The van der Waals surface area contributed by atoms with Gasteiger partial charge in [0, 0.05) is 22.7 Å². The van der Waals surface area contributed by atoms with Gasteiger partial charge in [0.2, 0.25) is 11.8 Å².